The Bertz CT molecular complexity index is 1260. The second-order valence-corrected chi connectivity index (χ2v) is 8.80. The average molecular weight is 434 g/mol. The minimum atomic E-state index is 0.135. The van der Waals surface area contributed by atoms with E-state index in [1.54, 1.807) is 17.8 Å². The number of benzene rings is 1. The van der Waals surface area contributed by atoms with Gasteiger partial charge >= 0.3 is 0 Å². The van der Waals surface area contributed by atoms with Crippen LogP contribution in [-0.2, 0) is 4.74 Å². The fourth-order valence-electron chi connectivity index (χ4n) is 4.90. The van der Waals surface area contributed by atoms with Crippen LogP contribution >= 0.6 is 0 Å². The third-order valence-corrected chi connectivity index (χ3v) is 6.59. The molecule has 1 unspecified atom stereocenters. The monoisotopic (exact) mass is 433 g/mol. The lowest BCUT2D eigenvalue weighted by Crippen LogP contribution is -2.43. The first-order valence-electron chi connectivity index (χ1n) is 11.2. The maximum atomic E-state index is 6.27. The number of imidazole rings is 1. The number of nitrogens with zero attached hydrogens (tertiary/aromatic N) is 4. The van der Waals surface area contributed by atoms with Gasteiger partial charge in [0.25, 0.3) is 0 Å². The van der Waals surface area contributed by atoms with Gasteiger partial charge in [0.15, 0.2) is 11.4 Å². The first-order chi connectivity index (χ1) is 15.7. The minimum absolute atomic E-state index is 0.135. The van der Waals surface area contributed by atoms with Crippen molar-refractivity contribution in [3.63, 3.8) is 0 Å². The van der Waals surface area contributed by atoms with Crippen LogP contribution in [0.5, 0.6) is 5.88 Å². The van der Waals surface area contributed by atoms with E-state index in [0.717, 1.165) is 60.5 Å². The van der Waals surface area contributed by atoms with Crippen LogP contribution in [0.15, 0.2) is 47.0 Å². The van der Waals surface area contributed by atoms with Gasteiger partial charge in [0.1, 0.15) is 17.4 Å². The smallest absolute Gasteiger partial charge is 0.232 e. The van der Waals surface area contributed by atoms with Crippen molar-refractivity contribution < 1.29 is 13.9 Å². The molecule has 6 rings (SSSR count). The highest BCUT2D eigenvalue weighted by Gasteiger charge is 2.29. The molecular formula is C24H27N5O3. The lowest BCUT2D eigenvalue weighted by atomic mass is 9.90. The Hall–Kier alpha value is -3.10. The molecule has 3 aromatic heterocycles. The molecule has 8 heteroatoms. The van der Waals surface area contributed by atoms with E-state index in [-0.39, 0.29) is 12.1 Å². The molecule has 2 N–H and O–H groups in total. The fourth-order valence-corrected chi connectivity index (χ4v) is 4.90. The SMILES string of the molecule is COCC1CCCN1c1cccc2oc(-c3cnc4ccc(OC5CC(N)C5)nn34)cc12. The molecule has 1 saturated carbocycles. The van der Waals surface area contributed by atoms with Crippen LogP contribution in [0.3, 0.4) is 0 Å². The Morgan fingerprint density at radius 3 is 2.97 bits per heavy atom. The zero-order valence-electron chi connectivity index (χ0n) is 18.1. The molecule has 0 radical (unpaired) electrons. The third-order valence-electron chi connectivity index (χ3n) is 6.59. The van der Waals surface area contributed by atoms with Crippen LogP contribution in [0.1, 0.15) is 25.7 Å². The summed E-state index contributed by atoms with van der Waals surface area (Å²) in [5.74, 6) is 1.31. The molecule has 4 aromatic rings. The minimum Gasteiger partial charge on any atom is -0.473 e. The maximum Gasteiger partial charge on any atom is 0.232 e. The molecule has 2 fully saturated rings. The lowest BCUT2D eigenvalue weighted by Gasteiger charge is -2.31. The van der Waals surface area contributed by atoms with Crippen LogP contribution < -0.4 is 15.4 Å². The number of rotatable bonds is 6. The number of fused-ring (bicyclic) bond motifs is 2. The van der Waals surface area contributed by atoms with Gasteiger partial charge in [0, 0.05) is 36.8 Å². The number of ether oxygens (including phenoxy) is 2. The Balaban J connectivity index is 1.37. The molecule has 0 spiro atoms. The molecule has 166 valence electrons. The highest BCUT2D eigenvalue weighted by Crippen LogP contribution is 2.37. The molecular weight excluding hydrogens is 406 g/mol. The highest BCUT2D eigenvalue weighted by atomic mass is 16.5. The van der Waals surface area contributed by atoms with Crippen molar-refractivity contribution in [1.29, 1.82) is 0 Å². The topological polar surface area (TPSA) is 91.0 Å². The van der Waals surface area contributed by atoms with Crippen LogP contribution in [0.2, 0.25) is 0 Å². The molecule has 0 amide bonds. The number of hydrogen-bond acceptors (Lipinski definition) is 7. The van der Waals surface area contributed by atoms with Crippen LogP contribution in [0, 0.1) is 0 Å². The van der Waals surface area contributed by atoms with Gasteiger partial charge in [0.2, 0.25) is 5.88 Å². The number of aromatic nitrogens is 3. The molecule has 2 aliphatic rings. The predicted octanol–water partition coefficient (Wildman–Crippen LogP) is 3.63. The van der Waals surface area contributed by atoms with Gasteiger partial charge in [0.05, 0.1) is 18.8 Å². The largest absolute Gasteiger partial charge is 0.473 e. The van der Waals surface area contributed by atoms with E-state index in [4.69, 9.17) is 19.6 Å². The summed E-state index contributed by atoms with van der Waals surface area (Å²) in [6, 6.07) is 12.7. The maximum absolute atomic E-state index is 6.27. The number of anilines is 1. The van der Waals surface area contributed by atoms with E-state index in [9.17, 15) is 0 Å². The number of hydrogen-bond donors (Lipinski definition) is 1. The van der Waals surface area contributed by atoms with E-state index in [1.807, 2.05) is 18.2 Å². The Labute approximate surface area is 185 Å². The third kappa shape index (κ3) is 3.30. The van der Waals surface area contributed by atoms with Gasteiger partial charge in [-0.15, -0.1) is 5.10 Å². The quantitative estimate of drug-likeness (QED) is 0.496. The van der Waals surface area contributed by atoms with Gasteiger partial charge in [-0.2, -0.15) is 0 Å². The summed E-state index contributed by atoms with van der Waals surface area (Å²) >= 11 is 0. The molecule has 1 aliphatic carbocycles. The summed E-state index contributed by atoms with van der Waals surface area (Å²) < 4.78 is 19.5. The van der Waals surface area contributed by atoms with Crippen LogP contribution in [-0.4, -0.2) is 53.0 Å². The molecule has 0 bridgehead atoms. The zero-order valence-corrected chi connectivity index (χ0v) is 18.1. The van der Waals surface area contributed by atoms with Crippen molar-refractivity contribution in [2.24, 2.45) is 5.73 Å². The first kappa shape index (κ1) is 19.6. The van der Waals surface area contributed by atoms with E-state index in [2.05, 4.69) is 33.2 Å². The van der Waals surface area contributed by atoms with Gasteiger partial charge in [-0.3, -0.25) is 0 Å². The summed E-state index contributed by atoms with van der Waals surface area (Å²) in [4.78, 5) is 6.94. The fraction of sp³-hybridized carbons (Fsp3) is 0.417. The van der Waals surface area contributed by atoms with E-state index < -0.39 is 0 Å². The normalized spacial score (nSPS) is 23.2. The zero-order chi connectivity index (χ0) is 21.7. The highest BCUT2D eigenvalue weighted by molar-refractivity contribution is 5.94. The van der Waals surface area contributed by atoms with Gasteiger partial charge in [-0.25, -0.2) is 9.50 Å². The summed E-state index contributed by atoms with van der Waals surface area (Å²) in [6.45, 7) is 1.75. The summed E-state index contributed by atoms with van der Waals surface area (Å²) in [7, 11) is 1.77. The van der Waals surface area contributed by atoms with E-state index in [0.29, 0.717) is 11.9 Å². The molecule has 1 saturated heterocycles. The predicted molar refractivity (Wildman–Crippen MR) is 122 cm³/mol. The molecule has 1 aliphatic heterocycles. The number of methoxy groups -OCH3 is 1. The number of nitrogens with two attached hydrogens (primary N) is 1. The lowest BCUT2D eigenvalue weighted by molar-refractivity contribution is 0.0944. The number of furan rings is 1. The van der Waals surface area contributed by atoms with Crippen molar-refractivity contribution in [3.8, 4) is 17.3 Å². The summed E-state index contributed by atoms with van der Waals surface area (Å²) in [5.41, 5.74) is 9.46. The first-order valence-corrected chi connectivity index (χ1v) is 11.2. The van der Waals surface area contributed by atoms with Crippen molar-refractivity contribution in [2.75, 3.05) is 25.2 Å². The van der Waals surface area contributed by atoms with Gasteiger partial charge in [-0.1, -0.05) is 6.07 Å². The van der Waals surface area contributed by atoms with Crippen molar-refractivity contribution in [3.05, 3.63) is 42.6 Å². The van der Waals surface area contributed by atoms with Crippen molar-refractivity contribution >= 4 is 22.3 Å². The Morgan fingerprint density at radius 2 is 2.12 bits per heavy atom. The van der Waals surface area contributed by atoms with Crippen molar-refractivity contribution in [2.45, 2.75) is 43.9 Å². The second kappa shape index (κ2) is 7.79. The molecule has 1 atom stereocenters. The standard InChI is InChI=1S/C24H27N5O3/c1-30-14-16-4-3-9-28(16)19-5-2-6-21-18(19)12-22(32-21)20-13-26-23-7-8-24(27-29(20)23)31-17-10-15(25)11-17/h2,5-8,12-13,15-17H,3-4,9-11,14,25H2,1H3. The van der Waals surface area contributed by atoms with Crippen molar-refractivity contribution in [1.82, 2.24) is 14.6 Å². The van der Waals surface area contributed by atoms with Crippen LogP contribution in [0.25, 0.3) is 28.1 Å². The average Bonchev–Trinajstić information content (AvgIpc) is 3.50. The molecule has 4 heterocycles. The van der Waals surface area contributed by atoms with E-state index in [1.165, 1.54) is 12.1 Å². The van der Waals surface area contributed by atoms with E-state index >= 15 is 0 Å². The Kier molecular flexibility index (Phi) is 4.77. The van der Waals surface area contributed by atoms with Crippen LogP contribution in [0.4, 0.5) is 5.69 Å². The van der Waals surface area contributed by atoms with Gasteiger partial charge in [-0.05, 0) is 49.9 Å². The Morgan fingerprint density at radius 1 is 1.22 bits per heavy atom. The van der Waals surface area contributed by atoms with Gasteiger partial charge < -0.3 is 24.5 Å². The second-order valence-electron chi connectivity index (χ2n) is 8.80. The molecule has 8 nitrogen and oxygen atoms in total. The summed E-state index contributed by atoms with van der Waals surface area (Å²) in [6.07, 6.45) is 5.97. The molecule has 1 aromatic carbocycles. The summed E-state index contributed by atoms with van der Waals surface area (Å²) in [5, 5.41) is 5.76. The molecule has 32 heavy (non-hydrogen) atoms.